The SMILES string of the molecule is CC(=O)Nc1ccc(NC(=O)c2cnc(NCc3ccccc3F)cn2)cc1. The predicted octanol–water partition coefficient (Wildman–Crippen LogP) is 3.44. The van der Waals surface area contributed by atoms with Crippen LogP contribution in [0.4, 0.5) is 21.6 Å². The Morgan fingerprint density at radius 2 is 1.61 bits per heavy atom. The Balaban J connectivity index is 1.57. The van der Waals surface area contributed by atoms with Gasteiger partial charge in [0.25, 0.3) is 5.91 Å². The largest absolute Gasteiger partial charge is 0.365 e. The van der Waals surface area contributed by atoms with Crippen molar-refractivity contribution in [3.05, 3.63) is 78.0 Å². The highest BCUT2D eigenvalue weighted by molar-refractivity contribution is 6.02. The molecule has 8 heteroatoms. The molecule has 0 aliphatic carbocycles. The number of halogens is 1. The third-order valence-electron chi connectivity index (χ3n) is 3.77. The molecule has 3 rings (SSSR count). The Kier molecular flexibility index (Phi) is 5.91. The van der Waals surface area contributed by atoms with E-state index in [0.29, 0.717) is 22.8 Å². The van der Waals surface area contributed by atoms with Crippen LogP contribution >= 0.6 is 0 Å². The van der Waals surface area contributed by atoms with Gasteiger partial charge in [0.15, 0.2) is 0 Å². The van der Waals surface area contributed by atoms with Gasteiger partial charge in [0.2, 0.25) is 5.91 Å². The van der Waals surface area contributed by atoms with Gasteiger partial charge in [0.05, 0.1) is 12.4 Å². The molecule has 0 atom stereocenters. The summed E-state index contributed by atoms with van der Waals surface area (Å²) in [7, 11) is 0. The van der Waals surface area contributed by atoms with E-state index in [0.717, 1.165) is 0 Å². The number of rotatable bonds is 6. The molecule has 0 fully saturated rings. The van der Waals surface area contributed by atoms with Crippen molar-refractivity contribution >= 4 is 29.0 Å². The van der Waals surface area contributed by atoms with Crippen molar-refractivity contribution in [2.75, 3.05) is 16.0 Å². The van der Waals surface area contributed by atoms with Crippen molar-refractivity contribution in [1.29, 1.82) is 0 Å². The van der Waals surface area contributed by atoms with Crippen LogP contribution in [-0.2, 0) is 11.3 Å². The standard InChI is InChI=1S/C20H18FN5O2/c1-13(27)25-15-6-8-16(9-7-15)26-20(28)18-11-24-19(12-22-18)23-10-14-4-2-3-5-17(14)21/h2-9,11-12H,10H2,1H3,(H,23,24)(H,25,27)(H,26,28). The lowest BCUT2D eigenvalue weighted by Gasteiger charge is -2.08. The molecule has 2 aromatic carbocycles. The van der Waals surface area contributed by atoms with E-state index < -0.39 is 5.91 Å². The number of carbonyl (C=O) groups is 2. The quantitative estimate of drug-likeness (QED) is 0.610. The number of amides is 2. The lowest BCUT2D eigenvalue weighted by molar-refractivity contribution is -0.114. The summed E-state index contributed by atoms with van der Waals surface area (Å²) in [4.78, 5) is 31.5. The van der Waals surface area contributed by atoms with E-state index in [1.807, 2.05) is 0 Å². The maximum absolute atomic E-state index is 13.6. The molecule has 0 bridgehead atoms. The normalized spacial score (nSPS) is 10.2. The smallest absolute Gasteiger partial charge is 0.275 e. The highest BCUT2D eigenvalue weighted by Crippen LogP contribution is 2.15. The van der Waals surface area contributed by atoms with Crippen molar-refractivity contribution < 1.29 is 14.0 Å². The maximum Gasteiger partial charge on any atom is 0.275 e. The van der Waals surface area contributed by atoms with Gasteiger partial charge < -0.3 is 16.0 Å². The van der Waals surface area contributed by atoms with E-state index in [1.54, 1.807) is 42.5 Å². The second-order valence-electron chi connectivity index (χ2n) is 5.94. The van der Waals surface area contributed by atoms with Crippen LogP contribution in [0, 0.1) is 5.82 Å². The number of hydrogen-bond acceptors (Lipinski definition) is 5. The molecular formula is C20H18FN5O2. The molecule has 0 spiro atoms. The van der Waals surface area contributed by atoms with Gasteiger partial charge in [-0.15, -0.1) is 0 Å². The average Bonchev–Trinajstić information content (AvgIpc) is 2.69. The number of anilines is 3. The molecule has 0 unspecified atom stereocenters. The molecule has 0 saturated carbocycles. The Morgan fingerprint density at radius 1 is 0.929 bits per heavy atom. The Morgan fingerprint density at radius 3 is 2.21 bits per heavy atom. The van der Waals surface area contributed by atoms with E-state index in [-0.39, 0.29) is 24.0 Å². The van der Waals surface area contributed by atoms with Crippen molar-refractivity contribution in [2.24, 2.45) is 0 Å². The van der Waals surface area contributed by atoms with Crippen LogP contribution in [0.2, 0.25) is 0 Å². The summed E-state index contributed by atoms with van der Waals surface area (Å²) in [6.07, 6.45) is 2.75. The summed E-state index contributed by atoms with van der Waals surface area (Å²) in [5, 5.41) is 8.30. The van der Waals surface area contributed by atoms with Crippen molar-refractivity contribution in [1.82, 2.24) is 9.97 Å². The fourth-order valence-electron chi connectivity index (χ4n) is 2.40. The monoisotopic (exact) mass is 379 g/mol. The Labute approximate surface area is 161 Å². The number of benzene rings is 2. The first-order chi connectivity index (χ1) is 13.5. The maximum atomic E-state index is 13.6. The van der Waals surface area contributed by atoms with Gasteiger partial charge in [-0.2, -0.15) is 0 Å². The van der Waals surface area contributed by atoms with Crippen molar-refractivity contribution in [3.8, 4) is 0 Å². The van der Waals surface area contributed by atoms with Crippen LogP contribution in [0.3, 0.4) is 0 Å². The van der Waals surface area contributed by atoms with Crippen LogP contribution in [0.25, 0.3) is 0 Å². The highest BCUT2D eigenvalue weighted by Gasteiger charge is 2.09. The van der Waals surface area contributed by atoms with Gasteiger partial charge in [-0.1, -0.05) is 18.2 Å². The minimum Gasteiger partial charge on any atom is -0.365 e. The first-order valence-electron chi connectivity index (χ1n) is 8.49. The molecule has 0 saturated heterocycles. The molecule has 3 aromatic rings. The summed E-state index contributed by atoms with van der Waals surface area (Å²) in [6.45, 7) is 1.68. The molecule has 7 nitrogen and oxygen atoms in total. The number of aromatic nitrogens is 2. The lowest BCUT2D eigenvalue weighted by Crippen LogP contribution is -2.14. The van der Waals surface area contributed by atoms with Crippen molar-refractivity contribution in [2.45, 2.75) is 13.5 Å². The molecule has 2 amide bonds. The number of hydrogen-bond donors (Lipinski definition) is 3. The van der Waals surface area contributed by atoms with Gasteiger partial charge in [-0.25, -0.2) is 14.4 Å². The van der Waals surface area contributed by atoms with E-state index in [1.165, 1.54) is 25.4 Å². The third-order valence-corrected chi connectivity index (χ3v) is 3.77. The van der Waals surface area contributed by atoms with Gasteiger partial charge in [0, 0.05) is 30.4 Å². The van der Waals surface area contributed by atoms with Gasteiger partial charge in [-0.05, 0) is 30.3 Å². The first kappa shape index (κ1) is 19.0. The zero-order chi connectivity index (χ0) is 19.9. The number of carbonyl (C=O) groups excluding carboxylic acids is 2. The highest BCUT2D eigenvalue weighted by atomic mass is 19.1. The van der Waals surface area contributed by atoms with Crippen LogP contribution in [0.1, 0.15) is 23.0 Å². The second-order valence-corrected chi connectivity index (χ2v) is 5.94. The third kappa shape index (κ3) is 5.10. The average molecular weight is 379 g/mol. The van der Waals surface area contributed by atoms with E-state index in [9.17, 15) is 14.0 Å². The molecule has 28 heavy (non-hydrogen) atoms. The lowest BCUT2D eigenvalue weighted by atomic mass is 10.2. The molecule has 142 valence electrons. The van der Waals surface area contributed by atoms with Crippen LogP contribution in [-0.4, -0.2) is 21.8 Å². The Bertz CT molecular complexity index is 975. The number of nitrogens with one attached hydrogen (secondary N) is 3. The number of nitrogens with zero attached hydrogens (tertiary/aromatic N) is 2. The summed E-state index contributed by atoms with van der Waals surface area (Å²) >= 11 is 0. The van der Waals surface area contributed by atoms with Crippen LogP contribution in [0.5, 0.6) is 0 Å². The van der Waals surface area contributed by atoms with Crippen LogP contribution in [0.15, 0.2) is 60.9 Å². The zero-order valence-electron chi connectivity index (χ0n) is 15.1. The molecule has 1 aromatic heterocycles. The van der Waals surface area contributed by atoms with Gasteiger partial charge in [0.1, 0.15) is 17.3 Å². The zero-order valence-corrected chi connectivity index (χ0v) is 15.1. The van der Waals surface area contributed by atoms with E-state index in [2.05, 4.69) is 25.9 Å². The molecule has 0 radical (unpaired) electrons. The fourth-order valence-corrected chi connectivity index (χ4v) is 2.40. The van der Waals surface area contributed by atoms with Gasteiger partial charge >= 0.3 is 0 Å². The predicted molar refractivity (Wildman–Crippen MR) is 104 cm³/mol. The van der Waals surface area contributed by atoms with E-state index >= 15 is 0 Å². The topological polar surface area (TPSA) is 96.0 Å². The molecule has 0 aliphatic heterocycles. The molecule has 3 N–H and O–H groups in total. The summed E-state index contributed by atoms with van der Waals surface area (Å²) in [5.41, 5.74) is 1.84. The van der Waals surface area contributed by atoms with Gasteiger partial charge in [-0.3, -0.25) is 9.59 Å². The van der Waals surface area contributed by atoms with E-state index in [4.69, 9.17) is 0 Å². The molecular weight excluding hydrogens is 361 g/mol. The summed E-state index contributed by atoms with van der Waals surface area (Å²) < 4.78 is 13.6. The minimum atomic E-state index is -0.416. The Hall–Kier alpha value is -3.81. The molecule has 0 aliphatic rings. The fraction of sp³-hybridized carbons (Fsp3) is 0.100. The second kappa shape index (κ2) is 8.72. The van der Waals surface area contributed by atoms with Crippen molar-refractivity contribution in [3.63, 3.8) is 0 Å². The first-order valence-corrected chi connectivity index (χ1v) is 8.49. The minimum absolute atomic E-state index is 0.141. The van der Waals surface area contributed by atoms with Crippen LogP contribution < -0.4 is 16.0 Å². The summed E-state index contributed by atoms with van der Waals surface area (Å²) in [6, 6.07) is 13.1. The summed E-state index contributed by atoms with van der Waals surface area (Å²) in [5.74, 6) is -0.459. The molecule has 1 heterocycles.